The van der Waals surface area contributed by atoms with Crippen LogP contribution in [-0.4, -0.2) is 22.4 Å². The third kappa shape index (κ3) is 3.96. The molecule has 0 aromatic heterocycles. The van der Waals surface area contributed by atoms with Crippen molar-refractivity contribution < 1.29 is 10.2 Å². The smallest absolute Gasteiger partial charge is 0.0757 e. The second-order valence-corrected chi connectivity index (χ2v) is 13.0. The zero-order chi connectivity index (χ0) is 22.6. The minimum absolute atomic E-state index is 0.202. The van der Waals surface area contributed by atoms with E-state index < -0.39 is 0 Å². The van der Waals surface area contributed by atoms with Gasteiger partial charge in [0.25, 0.3) is 0 Å². The Kier molecular flexibility index (Phi) is 6.75. The number of rotatable bonds is 6. The average Bonchev–Trinajstić information content (AvgIpc) is 3.06. The monoisotopic (exact) mass is 430 g/mol. The molecular formula is C29H50O2. The summed E-state index contributed by atoms with van der Waals surface area (Å²) in [5.41, 5.74) is 1.97. The first-order valence-corrected chi connectivity index (χ1v) is 13.7. The van der Waals surface area contributed by atoms with Crippen LogP contribution in [0.1, 0.15) is 106 Å². The van der Waals surface area contributed by atoms with Gasteiger partial charge in [-0.25, -0.2) is 0 Å². The van der Waals surface area contributed by atoms with Crippen LogP contribution in [0.2, 0.25) is 0 Å². The normalized spacial score (nSPS) is 46.7. The van der Waals surface area contributed by atoms with Crippen LogP contribution in [0.4, 0.5) is 0 Å². The van der Waals surface area contributed by atoms with Gasteiger partial charge < -0.3 is 10.2 Å². The molecule has 3 fully saturated rings. The van der Waals surface area contributed by atoms with Crippen molar-refractivity contribution in [3.05, 3.63) is 11.6 Å². The van der Waals surface area contributed by atoms with E-state index in [0.717, 1.165) is 42.9 Å². The minimum Gasteiger partial charge on any atom is -0.393 e. The third-order valence-electron chi connectivity index (χ3n) is 11.3. The summed E-state index contributed by atoms with van der Waals surface area (Å²) >= 11 is 0. The van der Waals surface area contributed by atoms with Gasteiger partial charge in [-0.3, -0.25) is 0 Å². The fourth-order valence-electron chi connectivity index (χ4n) is 9.29. The Hall–Kier alpha value is -0.340. The molecule has 178 valence electrons. The molecule has 0 spiro atoms. The van der Waals surface area contributed by atoms with E-state index in [-0.39, 0.29) is 17.6 Å². The lowest BCUT2D eigenvalue weighted by Gasteiger charge is -2.59. The van der Waals surface area contributed by atoms with Crippen LogP contribution in [0.5, 0.6) is 0 Å². The maximum atomic E-state index is 11.3. The van der Waals surface area contributed by atoms with Crippen LogP contribution < -0.4 is 0 Å². The lowest BCUT2D eigenvalue weighted by Crippen LogP contribution is -2.54. The zero-order valence-electron chi connectivity index (χ0n) is 21.2. The summed E-state index contributed by atoms with van der Waals surface area (Å²) in [5.74, 6) is 4.99. The predicted octanol–water partition coefficient (Wildman–Crippen LogP) is 7.00. The molecule has 2 nitrogen and oxygen atoms in total. The molecule has 2 unspecified atom stereocenters. The van der Waals surface area contributed by atoms with Crippen LogP contribution in [0.25, 0.3) is 0 Å². The zero-order valence-corrected chi connectivity index (χ0v) is 21.2. The average molecular weight is 431 g/mol. The Bertz CT molecular complexity index is 668. The number of fused-ring (bicyclic) bond motifs is 5. The van der Waals surface area contributed by atoms with Gasteiger partial charge in [0, 0.05) is 0 Å². The Morgan fingerprint density at radius 1 is 0.968 bits per heavy atom. The number of hydrogen-bond donors (Lipinski definition) is 2. The van der Waals surface area contributed by atoms with Gasteiger partial charge in [0.2, 0.25) is 0 Å². The largest absolute Gasteiger partial charge is 0.393 e. The fourth-order valence-corrected chi connectivity index (χ4v) is 9.29. The summed E-state index contributed by atoms with van der Waals surface area (Å²) in [6, 6.07) is 0. The molecular weight excluding hydrogens is 380 g/mol. The molecule has 0 aliphatic heterocycles. The van der Waals surface area contributed by atoms with E-state index in [2.05, 4.69) is 47.6 Å². The maximum absolute atomic E-state index is 11.3. The molecule has 0 heterocycles. The van der Waals surface area contributed by atoms with Gasteiger partial charge in [-0.2, -0.15) is 0 Å². The Morgan fingerprint density at radius 3 is 2.39 bits per heavy atom. The van der Waals surface area contributed by atoms with Gasteiger partial charge in [-0.15, -0.1) is 0 Å². The topological polar surface area (TPSA) is 40.5 Å². The highest BCUT2D eigenvalue weighted by atomic mass is 16.3. The van der Waals surface area contributed by atoms with Crippen molar-refractivity contribution in [1.82, 2.24) is 0 Å². The van der Waals surface area contributed by atoms with Crippen LogP contribution >= 0.6 is 0 Å². The van der Waals surface area contributed by atoms with E-state index in [9.17, 15) is 10.2 Å². The third-order valence-corrected chi connectivity index (χ3v) is 11.3. The Labute approximate surface area is 192 Å². The standard InChI is InChI=1S/C29H50O2/c1-7-20(18(2)3)9-8-19(4)23-10-11-24-27-25(13-15-29(23,24)6)28(5)14-12-22(30)16-21(28)17-26(27)31/h17-20,22-27,30-31H,7-16H2,1-6H3/t19-,20-,22?,23-,24+,25+,26?,27+,28+,29-/m1/s1. The van der Waals surface area contributed by atoms with Crippen molar-refractivity contribution in [3.63, 3.8) is 0 Å². The highest BCUT2D eigenvalue weighted by molar-refractivity contribution is 5.27. The number of aliphatic hydroxyl groups is 2. The summed E-state index contributed by atoms with van der Waals surface area (Å²) in [6.45, 7) is 14.7. The van der Waals surface area contributed by atoms with Gasteiger partial charge in [-0.1, -0.05) is 66.0 Å². The molecule has 0 bridgehead atoms. The van der Waals surface area contributed by atoms with E-state index >= 15 is 0 Å². The lowest BCUT2D eigenvalue weighted by molar-refractivity contribution is -0.0972. The highest BCUT2D eigenvalue weighted by Crippen LogP contribution is 2.67. The van der Waals surface area contributed by atoms with Crippen LogP contribution in [0, 0.1) is 52.3 Å². The predicted molar refractivity (Wildman–Crippen MR) is 130 cm³/mol. The molecule has 10 atom stereocenters. The second kappa shape index (κ2) is 8.79. The highest BCUT2D eigenvalue weighted by Gasteiger charge is 2.61. The lowest BCUT2D eigenvalue weighted by atomic mass is 9.46. The van der Waals surface area contributed by atoms with Crippen molar-refractivity contribution in [2.45, 2.75) is 118 Å². The molecule has 0 aromatic carbocycles. The molecule has 2 N–H and O–H groups in total. The van der Waals surface area contributed by atoms with Crippen molar-refractivity contribution in [3.8, 4) is 0 Å². The van der Waals surface area contributed by atoms with Gasteiger partial charge in [0.15, 0.2) is 0 Å². The molecule has 2 heteroatoms. The minimum atomic E-state index is -0.303. The van der Waals surface area contributed by atoms with Crippen molar-refractivity contribution in [2.24, 2.45) is 52.3 Å². The quantitative estimate of drug-likeness (QED) is 0.446. The van der Waals surface area contributed by atoms with E-state index in [1.54, 1.807) is 0 Å². The molecule has 0 amide bonds. The molecule has 4 aliphatic rings. The van der Waals surface area contributed by atoms with Crippen molar-refractivity contribution >= 4 is 0 Å². The van der Waals surface area contributed by atoms with E-state index in [1.807, 2.05) is 0 Å². The summed E-state index contributed by atoms with van der Waals surface area (Å²) < 4.78 is 0. The van der Waals surface area contributed by atoms with Gasteiger partial charge in [0.05, 0.1) is 12.2 Å². The van der Waals surface area contributed by atoms with Crippen molar-refractivity contribution in [2.75, 3.05) is 0 Å². The van der Waals surface area contributed by atoms with Crippen LogP contribution in [-0.2, 0) is 0 Å². The first-order chi connectivity index (χ1) is 14.6. The molecule has 0 aromatic rings. The first kappa shape index (κ1) is 23.8. The molecule has 4 rings (SSSR count). The Balaban J connectivity index is 1.52. The summed E-state index contributed by atoms with van der Waals surface area (Å²) in [7, 11) is 0. The first-order valence-electron chi connectivity index (χ1n) is 13.7. The molecule has 0 saturated heterocycles. The van der Waals surface area contributed by atoms with E-state index in [0.29, 0.717) is 23.2 Å². The molecule has 4 aliphatic carbocycles. The summed E-state index contributed by atoms with van der Waals surface area (Å²) in [5, 5.41) is 21.6. The van der Waals surface area contributed by atoms with Crippen LogP contribution in [0.15, 0.2) is 11.6 Å². The van der Waals surface area contributed by atoms with Crippen molar-refractivity contribution in [1.29, 1.82) is 0 Å². The van der Waals surface area contributed by atoms with Gasteiger partial charge in [-0.05, 0) is 104 Å². The molecule has 31 heavy (non-hydrogen) atoms. The summed E-state index contributed by atoms with van der Waals surface area (Å²) in [6.07, 6.45) is 13.9. The SMILES string of the molecule is CC[C@H](CC[C@@H](C)[C@H]1CC[C@H]2[C@@H]3C(O)C=C4CC(O)CC[C@]4(C)[C@H]3CC[C@]12C)C(C)C. The van der Waals surface area contributed by atoms with Crippen LogP contribution in [0.3, 0.4) is 0 Å². The van der Waals surface area contributed by atoms with E-state index in [1.165, 1.54) is 50.5 Å². The number of aliphatic hydroxyl groups excluding tert-OH is 2. The molecule has 0 radical (unpaired) electrons. The fraction of sp³-hybridized carbons (Fsp3) is 0.931. The Morgan fingerprint density at radius 2 is 1.71 bits per heavy atom. The van der Waals surface area contributed by atoms with E-state index in [4.69, 9.17) is 0 Å². The maximum Gasteiger partial charge on any atom is 0.0757 e. The molecule has 3 saturated carbocycles. The second-order valence-electron chi connectivity index (χ2n) is 13.0. The number of hydrogen-bond acceptors (Lipinski definition) is 2. The van der Waals surface area contributed by atoms with Gasteiger partial charge >= 0.3 is 0 Å². The summed E-state index contributed by atoms with van der Waals surface area (Å²) in [4.78, 5) is 0. The van der Waals surface area contributed by atoms with Gasteiger partial charge in [0.1, 0.15) is 0 Å².